The highest BCUT2D eigenvalue weighted by atomic mass is 16.1. The van der Waals surface area contributed by atoms with E-state index in [1.807, 2.05) is 32.0 Å². The second-order valence-electron chi connectivity index (χ2n) is 5.33. The van der Waals surface area contributed by atoms with Crippen LogP contribution in [-0.2, 0) is 4.79 Å². The molecule has 1 saturated heterocycles. The van der Waals surface area contributed by atoms with Crippen LogP contribution < -0.4 is 10.6 Å². The molecule has 1 heterocycles. The average Bonchev–Trinajstić information content (AvgIpc) is 2.34. The molecular formula is C15H22N2O. The second kappa shape index (κ2) is 5.53. The first kappa shape index (κ1) is 13.1. The Labute approximate surface area is 109 Å². The minimum Gasteiger partial charge on any atom is -0.325 e. The van der Waals surface area contributed by atoms with Crippen LogP contribution in [-0.4, -0.2) is 18.5 Å². The van der Waals surface area contributed by atoms with Crippen LogP contribution in [0.2, 0.25) is 0 Å². The molecule has 3 nitrogen and oxygen atoms in total. The Kier molecular flexibility index (Phi) is 4.02. The molecule has 1 aliphatic rings. The fraction of sp³-hybridized carbons (Fsp3) is 0.533. The SMILES string of the molecule is Cc1cccc(C)c1NC(=O)C1CCNC(C)C1. The summed E-state index contributed by atoms with van der Waals surface area (Å²) in [7, 11) is 0. The standard InChI is InChI=1S/C15H22N2O/c1-10-5-4-6-11(2)14(10)17-15(18)13-7-8-16-12(3)9-13/h4-6,12-13,16H,7-9H2,1-3H3,(H,17,18). The maximum absolute atomic E-state index is 12.3. The van der Waals surface area contributed by atoms with E-state index in [-0.39, 0.29) is 11.8 Å². The third-order valence-electron chi connectivity index (χ3n) is 3.72. The summed E-state index contributed by atoms with van der Waals surface area (Å²) < 4.78 is 0. The average molecular weight is 246 g/mol. The van der Waals surface area contributed by atoms with Crippen molar-refractivity contribution in [3.63, 3.8) is 0 Å². The van der Waals surface area contributed by atoms with E-state index < -0.39 is 0 Å². The van der Waals surface area contributed by atoms with E-state index in [0.717, 1.165) is 36.2 Å². The smallest absolute Gasteiger partial charge is 0.227 e. The highest BCUT2D eigenvalue weighted by Crippen LogP contribution is 2.23. The highest BCUT2D eigenvalue weighted by molar-refractivity contribution is 5.94. The van der Waals surface area contributed by atoms with Crippen molar-refractivity contribution in [3.8, 4) is 0 Å². The molecular weight excluding hydrogens is 224 g/mol. The van der Waals surface area contributed by atoms with Crippen LogP contribution in [0, 0.1) is 19.8 Å². The maximum atomic E-state index is 12.3. The van der Waals surface area contributed by atoms with Gasteiger partial charge < -0.3 is 10.6 Å². The highest BCUT2D eigenvalue weighted by Gasteiger charge is 2.25. The predicted molar refractivity (Wildman–Crippen MR) is 74.7 cm³/mol. The molecule has 1 fully saturated rings. The van der Waals surface area contributed by atoms with E-state index in [4.69, 9.17) is 0 Å². The molecule has 0 aromatic heterocycles. The normalized spacial score (nSPS) is 23.7. The Balaban J connectivity index is 2.07. The van der Waals surface area contributed by atoms with Gasteiger partial charge in [0.2, 0.25) is 5.91 Å². The molecule has 1 aromatic carbocycles. The van der Waals surface area contributed by atoms with Gasteiger partial charge in [0.05, 0.1) is 0 Å². The summed E-state index contributed by atoms with van der Waals surface area (Å²) in [6.45, 7) is 7.14. The number of piperidine rings is 1. The van der Waals surface area contributed by atoms with Crippen LogP contribution in [0.15, 0.2) is 18.2 Å². The van der Waals surface area contributed by atoms with Gasteiger partial charge in [0.15, 0.2) is 0 Å². The van der Waals surface area contributed by atoms with Crippen molar-refractivity contribution in [3.05, 3.63) is 29.3 Å². The Morgan fingerprint density at radius 2 is 2.00 bits per heavy atom. The first-order valence-electron chi connectivity index (χ1n) is 6.68. The molecule has 2 atom stereocenters. The van der Waals surface area contributed by atoms with E-state index in [9.17, 15) is 4.79 Å². The summed E-state index contributed by atoms with van der Waals surface area (Å²) in [4.78, 5) is 12.3. The number of carbonyl (C=O) groups is 1. The van der Waals surface area contributed by atoms with Crippen molar-refractivity contribution in [1.29, 1.82) is 0 Å². The number of carbonyl (C=O) groups excluding carboxylic acids is 1. The molecule has 0 radical (unpaired) electrons. The maximum Gasteiger partial charge on any atom is 0.227 e. The molecule has 98 valence electrons. The monoisotopic (exact) mass is 246 g/mol. The fourth-order valence-electron chi connectivity index (χ4n) is 2.61. The number of para-hydroxylation sites is 1. The van der Waals surface area contributed by atoms with Crippen molar-refractivity contribution in [2.75, 3.05) is 11.9 Å². The van der Waals surface area contributed by atoms with Crippen molar-refractivity contribution < 1.29 is 4.79 Å². The number of aryl methyl sites for hydroxylation is 2. The molecule has 2 rings (SSSR count). The number of benzene rings is 1. The Bertz CT molecular complexity index is 422. The molecule has 1 amide bonds. The van der Waals surface area contributed by atoms with Gasteiger partial charge in [-0.25, -0.2) is 0 Å². The van der Waals surface area contributed by atoms with Crippen LogP contribution in [0.25, 0.3) is 0 Å². The number of hydrogen-bond donors (Lipinski definition) is 2. The van der Waals surface area contributed by atoms with Gasteiger partial charge in [0.25, 0.3) is 0 Å². The van der Waals surface area contributed by atoms with E-state index in [1.165, 1.54) is 0 Å². The van der Waals surface area contributed by atoms with Crippen molar-refractivity contribution in [2.45, 2.75) is 39.7 Å². The minimum absolute atomic E-state index is 0.139. The third kappa shape index (κ3) is 2.91. The molecule has 0 aliphatic carbocycles. The van der Waals surface area contributed by atoms with Gasteiger partial charge in [0.1, 0.15) is 0 Å². The molecule has 0 bridgehead atoms. The molecule has 18 heavy (non-hydrogen) atoms. The summed E-state index contributed by atoms with van der Waals surface area (Å²) in [5.74, 6) is 0.306. The lowest BCUT2D eigenvalue weighted by atomic mass is 9.92. The van der Waals surface area contributed by atoms with Crippen LogP contribution in [0.5, 0.6) is 0 Å². The van der Waals surface area contributed by atoms with E-state index in [2.05, 4.69) is 17.6 Å². The van der Waals surface area contributed by atoms with Crippen LogP contribution in [0.4, 0.5) is 5.69 Å². The fourth-order valence-corrected chi connectivity index (χ4v) is 2.61. The lowest BCUT2D eigenvalue weighted by molar-refractivity contribution is -0.120. The largest absolute Gasteiger partial charge is 0.325 e. The molecule has 0 spiro atoms. The number of rotatable bonds is 2. The minimum atomic E-state index is 0.139. The Morgan fingerprint density at radius 1 is 1.33 bits per heavy atom. The van der Waals surface area contributed by atoms with E-state index >= 15 is 0 Å². The first-order chi connectivity index (χ1) is 8.58. The van der Waals surface area contributed by atoms with Gasteiger partial charge in [-0.2, -0.15) is 0 Å². The number of nitrogens with one attached hydrogen (secondary N) is 2. The summed E-state index contributed by atoms with van der Waals surface area (Å²) in [6, 6.07) is 6.53. The Morgan fingerprint density at radius 3 is 2.61 bits per heavy atom. The van der Waals surface area contributed by atoms with Crippen molar-refractivity contribution >= 4 is 11.6 Å². The van der Waals surface area contributed by atoms with Crippen molar-refractivity contribution in [2.24, 2.45) is 5.92 Å². The quantitative estimate of drug-likeness (QED) is 0.842. The van der Waals surface area contributed by atoms with Gasteiger partial charge >= 0.3 is 0 Å². The van der Waals surface area contributed by atoms with E-state index in [1.54, 1.807) is 0 Å². The summed E-state index contributed by atoms with van der Waals surface area (Å²) >= 11 is 0. The third-order valence-corrected chi connectivity index (χ3v) is 3.72. The summed E-state index contributed by atoms with van der Waals surface area (Å²) in [5.41, 5.74) is 3.24. The van der Waals surface area contributed by atoms with Crippen LogP contribution >= 0.6 is 0 Å². The molecule has 1 aromatic rings. The number of amides is 1. The zero-order valence-corrected chi connectivity index (χ0v) is 11.4. The van der Waals surface area contributed by atoms with Gasteiger partial charge in [-0.05, 0) is 51.3 Å². The molecule has 2 N–H and O–H groups in total. The molecule has 0 saturated carbocycles. The zero-order chi connectivity index (χ0) is 13.1. The van der Waals surface area contributed by atoms with Gasteiger partial charge in [-0.15, -0.1) is 0 Å². The van der Waals surface area contributed by atoms with Crippen molar-refractivity contribution in [1.82, 2.24) is 5.32 Å². The topological polar surface area (TPSA) is 41.1 Å². The van der Waals surface area contributed by atoms with Gasteiger partial charge in [0, 0.05) is 17.6 Å². The van der Waals surface area contributed by atoms with Gasteiger partial charge in [-0.1, -0.05) is 18.2 Å². The Hall–Kier alpha value is -1.35. The molecule has 3 heteroatoms. The van der Waals surface area contributed by atoms with Crippen LogP contribution in [0.3, 0.4) is 0 Å². The molecule has 1 aliphatic heterocycles. The number of anilines is 1. The van der Waals surface area contributed by atoms with Crippen LogP contribution in [0.1, 0.15) is 30.9 Å². The van der Waals surface area contributed by atoms with Gasteiger partial charge in [-0.3, -0.25) is 4.79 Å². The summed E-state index contributed by atoms with van der Waals surface area (Å²) in [6.07, 6.45) is 1.86. The van der Waals surface area contributed by atoms with E-state index in [0.29, 0.717) is 6.04 Å². The molecule has 2 unspecified atom stereocenters. The zero-order valence-electron chi connectivity index (χ0n) is 11.4. The summed E-state index contributed by atoms with van der Waals surface area (Å²) in [5, 5.41) is 6.48. The lowest BCUT2D eigenvalue weighted by Crippen LogP contribution is -2.40. The number of hydrogen-bond acceptors (Lipinski definition) is 2. The second-order valence-corrected chi connectivity index (χ2v) is 5.33. The first-order valence-corrected chi connectivity index (χ1v) is 6.68. The predicted octanol–water partition coefficient (Wildman–Crippen LogP) is 2.63. The lowest BCUT2D eigenvalue weighted by Gasteiger charge is -2.27.